The van der Waals surface area contributed by atoms with Crippen molar-refractivity contribution >= 4 is 12.2 Å². The van der Waals surface area contributed by atoms with Crippen LogP contribution in [0.4, 0.5) is 0 Å². The van der Waals surface area contributed by atoms with E-state index >= 15 is 0 Å². The number of aliphatic hydroxyl groups is 1. The largest absolute Gasteiger partial charge is 0.391 e. The summed E-state index contributed by atoms with van der Waals surface area (Å²) in [6.07, 6.45) is -0.353. The highest BCUT2D eigenvalue weighted by molar-refractivity contribution is 5.83. The Bertz CT molecular complexity index is 147. The Morgan fingerprint density at radius 1 is 1.82 bits per heavy atom. The minimum absolute atomic E-state index is 0.0702. The number of carbonyl (C=O) groups is 2. The van der Waals surface area contributed by atoms with Crippen LogP contribution in [0.3, 0.4) is 0 Å². The van der Waals surface area contributed by atoms with Crippen molar-refractivity contribution in [3.05, 3.63) is 0 Å². The minimum atomic E-state index is -0.963. The monoisotopic (exact) mass is 160 g/mol. The standard InChI is InChI=1S/C6H12N2O3/c1-4(10)5(7)6(11)8-2-3-9/h3-5,10H,2,7H2,1H3,(H,8,11)/t4-,5+/m1/s1. The zero-order valence-electron chi connectivity index (χ0n) is 6.28. The van der Waals surface area contributed by atoms with Crippen molar-refractivity contribution in [2.45, 2.75) is 19.1 Å². The van der Waals surface area contributed by atoms with E-state index in [1.54, 1.807) is 0 Å². The van der Waals surface area contributed by atoms with Crippen LogP contribution < -0.4 is 11.1 Å². The van der Waals surface area contributed by atoms with Crippen molar-refractivity contribution in [3.8, 4) is 0 Å². The first-order chi connectivity index (χ1) is 5.09. The van der Waals surface area contributed by atoms with E-state index in [1.807, 2.05) is 0 Å². The lowest BCUT2D eigenvalue weighted by atomic mass is 10.2. The van der Waals surface area contributed by atoms with Crippen molar-refractivity contribution in [1.82, 2.24) is 5.32 Å². The molecule has 0 rings (SSSR count). The zero-order chi connectivity index (χ0) is 8.85. The molecule has 0 aromatic rings. The lowest BCUT2D eigenvalue weighted by Gasteiger charge is -2.12. The fourth-order valence-corrected chi connectivity index (χ4v) is 0.479. The van der Waals surface area contributed by atoms with E-state index in [9.17, 15) is 9.59 Å². The highest BCUT2D eigenvalue weighted by Crippen LogP contribution is 1.86. The molecule has 0 aromatic carbocycles. The number of amides is 1. The predicted octanol–water partition coefficient (Wildman–Crippen LogP) is -1.99. The molecule has 0 unspecified atom stereocenters. The molecule has 0 aliphatic heterocycles. The third-order valence-electron chi connectivity index (χ3n) is 1.18. The Morgan fingerprint density at radius 2 is 2.36 bits per heavy atom. The first kappa shape index (κ1) is 10.1. The number of aliphatic hydroxyl groups excluding tert-OH is 1. The molecule has 5 heteroatoms. The van der Waals surface area contributed by atoms with Gasteiger partial charge in [-0.15, -0.1) is 0 Å². The lowest BCUT2D eigenvalue weighted by Crippen LogP contribution is -2.47. The van der Waals surface area contributed by atoms with E-state index in [1.165, 1.54) is 6.92 Å². The maximum Gasteiger partial charge on any atom is 0.239 e. The van der Waals surface area contributed by atoms with Gasteiger partial charge in [-0.1, -0.05) is 0 Å². The Morgan fingerprint density at radius 3 is 2.73 bits per heavy atom. The van der Waals surface area contributed by atoms with E-state index < -0.39 is 18.1 Å². The second-order valence-corrected chi connectivity index (χ2v) is 2.18. The quantitative estimate of drug-likeness (QED) is 0.415. The van der Waals surface area contributed by atoms with E-state index in [0.717, 1.165) is 0 Å². The van der Waals surface area contributed by atoms with Gasteiger partial charge in [-0.05, 0) is 6.92 Å². The number of hydrogen-bond donors (Lipinski definition) is 3. The number of aldehydes is 1. The number of rotatable bonds is 4. The summed E-state index contributed by atoms with van der Waals surface area (Å²) in [4.78, 5) is 20.6. The number of carbonyl (C=O) groups excluding carboxylic acids is 2. The maximum absolute atomic E-state index is 10.8. The number of hydrogen-bond acceptors (Lipinski definition) is 4. The topological polar surface area (TPSA) is 92.4 Å². The molecule has 64 valence electrons. The minimum Gasteiger partial charge on any atom is -0.391 e. The van der Waals surface area contributed by atoms with Gasteiger partial charge in [0.2, 0.25) is 5.91 Å². The highest BCUT2D eigenvalue weighted by Gasteiger charge is 2.17. The summed E-state index contributed by atoms with van der Waals surface area (Å²) in [6, 6.07) is -0.963. The molecular weight excluding hydrogens is 148 g/mol. The molecule has 0 saturated carbocycles. The lowest BCUT2D eigenvalue weighted by molar-refractivity contribution is -0.125. The summed E-state index contributed by atoms with van der Waals surface area (Å²) in [7, 11) is 0. The molecule has 1 amide bonds. The summed E-state index contributed by atoms with van der Waals surface area (Å²) >= 11 is 0. The summed E-state index contributed by atoms with van der Waals surface area (Å²) < 4.78 is 0. The smallest absolute Gasteiger partial charge is 0.239 e. The van der Waals surface area contributed by atoms with Crippen LogP contribution in [0.25, 0.3) is 0 Å². The van der Waals surface area contributed by atoms with E-state index in [2.05, 4.69) is 5.32 Å². The molecular formula is C6H12N2O3. The predicted molar refractivity (Wildman–Crippen MR) is 38.7 cm³/mol. The molecule has 0 aliphatic carbocycles. The van der Waals surface area contributed by atoms with Gasteiger partial charge in [0.25, 0.3) is 0 Å². The SMILES string of the molecule is C[C@@H](O)[C@H](N)C(=O)NCC=O. The van der Waals surface area contributed by atoms with Crippen LogP contribution in [0.15, 0.2) is 0 Å². The van der Waals surface area contributed by atoms with Gasteiger partial charge in [0.05, 0.1) is 12.6 Å². The molecule has 11 heavy (non-hydrogen) atoms. The number of nitrogens with one attached hydrogen (secondary N) is 1. The zero-order valence-corrected chi connectivity index (χ0v) is 6.28. The van der Waals surface area contributed by atoms with E-state index in [-0.39, 0.29) is 6.54 Å². The molecule has 5 nitrogen and oxygen atoms in total. The molecule has 0 saturated heterocycles. The van der Waals surface area contributed by atoms with Gasteiger partial charge < -0.3 is 21.0 Å². The Hall–Kier alpha value is -0.940. The van der Waals surface area contributed by atoms with Gasteiger partial charge in [0, 0.05) is 0 Å². The Balaban J connectivity index is 3.73. The van der Waals surface area contributed by atoms with Crippen LogP contribution in [-0.2, 0) is 9.59 Å². The second kappa shape index (κ2) is 4.81. The van der Waals surface area contributed by atoms with E-state index in [4.69, 9.17) is 10.8 Å². The van der Waals surface area contributed by atoms with Gasteiger partial charge >= 0.3 is 0 Å². The molecule has 0 aliphatic rings. The summed E-state index contributed by atoms with van der Waals surface area (Å²) in [5.41, 5.74) is 5.22. The molecule has 0 spiro atoms. The summed E-state index contributed by atoms with van der Waals surface area (Å²) in [5.74, 6) is -0.521. The maximum atomic E-state index is 10.8. The van der Waals surface area contributed by atoms with Crippen LogP contribution in [0.1, 0.15) is 6.92 Å². The average Bonchev–Trinajstić information content (AvgIpc) is 1.98. The normalized spacial score (nSPS) is 15.2. The fraction of sp³-hybridized carbons (Fsp3) is 0.667. The highest BCUT2D eigenvalue weighted by atomic mass is 16.3. The fourth-order valence-electron chi connectivity index (χ4n) is 0.479. The van der Waals surface area contributed by atoms with Crippen molar-refractivity contribution in [3.63, 3.8) is 0 Å². The molecule has 0 aromatic heterocycles. The Kier molecular flexibility index (Phi) is 4.40. The van der Waals surface area contributed by atoms with Crippen molar-refractivity contribution in [2.75, 3.05) is 6.54 Å². The van der Waals surface area contributed by atoms with Gasteiger partial charge in [0.15, 0.2) is 0 Å². The third-order valence-corrected chi connectivity index (χ3v) is 1.18. The van der Waals surface area contributed by atoms with Gasteiger partial charge in [0.1, 0.15) is 12.3 Å². The number of nitrogens with two attached hydrogens (primary N) is 1. The van der Waals surface area contributed by atoms with Crippen LogP contribution in [0, 0.1) is 0 Å². The molecule has 4 N–H and O–H groups in total. The van der Waals surface area contributed by atoms with Crippen molar-refractivity contribution < 1.29 is 14.7 Å². The molecule has 0 radical (unpaired) electrons. The van der Waals surface area contributed by atoms with Crippen molar-refractivity contribution in [1.29, 1.82) is 0 Å². The third kappa shape index (κ3) is 3.69. The first-order valence-corrected chi connectivity index (χ1v) is 3.24. The molecule has 0 heterocycles. The van der Waals surface area contributed by atoms with Gasteiger partial charge in [-0.25, -0.2) is 0 Å². The van der Waals surface area contributed by atoms with Crippen LogP contribution in [0.5, 0.6) is 0 Å². The molecule has 0 bridgehead atoms. The molecule has 0 fully saturated rings. The van der Waals surface area contributed by atoms with Gasteiger partial charge in [-0.2, -0.15) is 0 Å². The van der Waals surface area contributed by atoms with Crippen LogP contribution in [0.2, 0.25) is 0 Å². The van der Waals surface area contributed by atoms with Crippen LogP contribution >= 0.6 is 0 Å². The molecule has 2 atom stereocenters. The second-order valence-electron chi connectivity index (χ2n) is 2.18. The summed E-state index contributed by atoms with van der Waals surface area (Å²) in [5, 5.41) is 11.0. The van der Waals surface area contributed by atoms with Crippen molar-refractivity contribution in [2.24, 2.45) is 5.73 Å². The average molecular weight is 160 g/mol. The van der Waals surface area contributed by atoms with E-state index in [0.29, 0.717) is 6.29 Å². The summed E-state index contributed by atoms with van der Waals surface area (Å²) in [6.45, 7) is 1.34. The van der Waals surface area contributed by atoms with Gasteiger partial charge in [-0.3, -0.25) is 4.79 Å². The first-order valence-electron chi connectivity index (χ1n) is 3.24. The Labute approximate surface area is 64.6 Å². The van der Waals surface area contributed by atoms with Crippen LogP contribution in [-0.4, -0.2) is 36.0 Å².